The van der Waals surface area contributed by atoms with Gasteiger partial charge >= 0.3 is 7.82 Å². The minimum absolute atomic E-state index is 0.106. The van der Waals surface area contributed by atoms with Crippen LogP contribution >= 0.6 is 31.0 Å². The summed E-state index contributed by atoms with van der Waals surface area (Å²) in [5.74, 6) is 0.474. The third-order valence-electron chi connectivity index (χ3n) is 5.52. The molecule has 4 N–H and O–H groups in total. The predicted molar refractivity (Wildman–Crippen MR) is 121 cm³/mol. The molecule has 180 valence electrons. The first kappa shape index (κ1) is 24.7. The minimum Gasteiger partial charge on any atom is -0.387 e. The number of aliphatic imine (C=N–C) groups is 1. The Kier molecular flexibility index (Phi) is 6.95. The molecular formula is C20H24Cl2N3O7P. The fraction of sp³-hybridized carbons (Fsp3) is 0.450. The first-order chi connectivity index (χ1) is 15.5. The van der Waals surface area contributed by atoms with Crippen molar-refractivity contribution in [2.75, 3.05) is 13.2 Å². The van der Waals surface area contributed by atoms with Crippen LogP contribution in [0.4, 0.5) is 0 Å². The Morgan fingerprint density at radius 2 is 2.06 bits per heavy atom. The van der Waals surface area contributed by atoms with Crippen molar-refractivity contribution in [1.82, 2.24) is 4.90 Å². The van der Waals surface area contributed by atoms with Crippen molar-refractivity contribution in [3.05, 3.63) is 58.5 Å². The molecule has 2 unspecified atom stereocenters. The summed E-state index contributed by atoms with van der Waals surface area (Å²) in [6.07, 6.45) is -0.914. The molecule has 4 rings (SSSR count). The molecule has 0 aromatic heterocycles. The average molecular weight is 520 g/mol. The van der Waals surface area contributed by atoms with Gasteiger partial charge in [-0.25, -0.2) is 9.56 Å². The number of hydrogen-bond donors (Lipinski definition) is 3. The molecular weight excluding hydrogens is 496 g/mol. The number of nitrogens with zero attached hydrogens (tertiary/aromatic N) is 2. The molecule has 0 bridgehead atoms. The molecule has 0 saturated carbocycles. The van der Waals surface area contributed by atoms with Crippen LogP contribution < -0.4 is 5.73 Å². The summed E-state index contributed by atoms with van der Waals surface area (Å²) in [7, 11) is -4.02. The van der Waals surface area contributed by atoms with E-state index in [0.717, 1.165) is 0 Å². The molecule has 1 aromatic rings. The molecule has 0 radical (unpaired) electrons. The van der Waals surface area contributed by atoms with E-state index in [-0.39, 0.29) is 18.3 Å². The second kappa shape index (κ2) is 9.30. The quantitative estimate of drug-likeness (QED) is 0.501. The maximum Gasteiger partial charge on any atom is 0.475 e. The van der Waals surface area contributed by atoms with Crippen molar-refractivity contribution in [2.24, 2.45) is 10.7 Å². The highest BCUT2D eigenvalue weighted by Crippen LogP contribution is 2.58. The highest BCUT2D eigenvalue weighted by atomic mass is 35.5. The van der Waals surface area contributed by atoms with Gasteiger partial charge in [-0.05, 0) is 36.8 Å². The van der Waals surface area contributed by atoms with Crippen LogP contribution in [0.5, 0.6) is 0 Å². The second-order valence-electron chi connectivity index (χ2n) is 8.07. The fourth-order valence-electron chi connectivity index (χ4n) is 3.77. The lowest BCUT2D eigenvalue weighted by Gasteiger charge is -2.33. The third kappa shape index (κ3) is 5.14. The molecule has 2 saturated heterocycles. The zero-order valence-corrected chi connectivity index (χ0v) is 20.0. The van der Waals surface area contributed by atoms with Gasteiger partial charge in [0.1, 0.15) is 29.5 Å². The summed E-state index contributed by atoms with van der Waals surface area (Å²) < 4.78 is 35.5. The van der Waals surface area contributed by atoms with Crippen LogP contribution in [-0.4, -0.2) is 58.2 Å². The normalized spacial score (nSPS) is 36.8. The van der Waals surface area contributed by atoms with E-state index in [9.17, 15) is 14.8 Å². The molecule has 6 atom stereocenters. The molecule has 13 heteroatoms. The van der Waals surface area contributed by atoms with Crippen molar-refractivity contribution < 1.29 is 33.1 Å². The minimum atomic E-state index is -4.02. The Balaban J connectivity index is 1.44. The molecule has 3 heterocycles. The van der Waals surface area contributed by atoms with Gasteiger partial charge in [-0.2, -0.15) is 0 Å². The smallest absolute Gasteiger partial charge is 0.387 e. The van der Waals surface area contributed by atoms with Crippen molar-refractivity contribution in [3.63, 3.8) is 0 Å². The number of benzene rings is 1. The largest absolute Gasteiger partial charge is 0.475 e. The third-order valence-corrected chi connectivity index (χ3v) is 7.41. The molecule has 2 fully saturated rings. The number of ether oxygens (including phenoxy) is 1. The van der Waals surface area contributed by atoms with E-state index in [1.54, 1.807) is 18.2 Å². The average Bonchev–Trinajstić information content (AvgIpc) is 2.96. The van der Waals surface area contributed by atoms with E-state index >= 15 is 0 Å². The van der Waals surface area contributed by atoms with Gasteiger partial charge in [0.2, 0.25) is 0 Å². The number of aliphatic hydroxyl groups excluding tert-OH is 2. The van der Waals surface area contributed by atoms with Gasteiger partial charge in [-0.3, -0.25) is 13.6 Å². The maximum atomic E-state index is 13.1. The summed E-state index contributed by atoms with van der Waals surface area (Å²) in [6, 6.07) is 4.90. The first-order valence-corrected chi connectivity index (χ1v) is 12.3. The van der Waals surface area contributed by atoms with Crippen LogP contribution in [0.2, 0.25) is 10.0 Å². The zero-order valence-electron chi connectivity index (χ0n) is 17.6. The van der Waals surface area contributed by atoms with Crippen molar-refractivity contribution >= 4 is 36.9 Å². The summed E-state index contributed by atoms with van der Waals surface area (Å²) >= 11 is 12.1. The lowest BCUT2D eigenvalue weighted by atomic mass is 9.98. The monoisotopic (exact) mass is 519 g/mol. The highest BCUT2D eigenvalue weighted by molar-refractivity contribution is 7.48. The van der Waals surface area contributed by atoms with Crippen molar-refractivity contribution in [2.45, 2.75) is 43.5 Å². The van der Waals surface area contributed by atoms with Gasteiger partial charge in [0, 0.05) is 22.7 Å². The van der Waals surface area contributed by atoms with Gasteiger partial charge in [-0.1, -0.05) is 29.8 Å². The highest BCUT2D eigenvalue weighted by Gasteiger charge is 2.54. The Labute approximate surface area is 200 Å². The van der Waals surface area contributed by atoms with E-state index in [1.165, 1.54) is 24.1 Å². The second-order valence-corrected chi connectivity index (χ2v) is 10.6. The van der Waals surface area contributed by atoms with Crippen LogP contribution in [0.25, 0.3) is 0 Å². The number of amidine groups is 1. The van der Waals surface area contributed by atoms with Crippen LogP contribution in [0, 0.1) is 0 Å². The Bertz CT molecular complexity index is 1030. The Morgan fingerprint density at radius 1 is 1.36 bits per heavy atom. The van der Waals surface area contributed by atoms with Crippen LogP contribution in [-0.2, 0) is 22.9 Å². The van der Waals surface area contributed by atoms with E-state index in [0.29, 0.717) is 22.0 Å². The molecule has 0 aliphatic carbocycles. The molecule has 0 spiro atoms. The summed E-state index contributed by atoms with van der Waals surface area (Å²) in [6.45, 7) is 5.01. The number of aliphatic hydroxyl groups is 2. The van der Waals surface area contributed by atoms with Crippen LogP contribution in [0.1, 0.15) is 25.0 Å². The van der Waals surface area contributed by atoms with Gasteiger partial charge < -0.3 is 25.6 Å². The van der Waals surface area contributed by atoms with E-state index < -0.39 is 44.6 Å². The molecule has 33 heavy (non-hydrogen) atoms. The predicted octanol–water partition coefficient (Wildman–Crippen LogP) is 3.09. The van der Waals surface area contributed by atoms with Crippen LogP contribution in [0.15, 0.2) is 47.9 Å². The number of phosphoric acid groups is 1. The zero-order chi connectivity index (χ0) is 24.0. The van der Waals surface area contributed by atoms with Crippen molar-refractivity contribution in [1.29, 1.82) is 0 Å². The van der Waals surface area contributed by atoms with Crippen LogP contribution in [0.3, 0.4) is 0 Å². The number of phosphoric ester groups is 1. The number of hydrogen-bond acceptors (Lipinski definition) is 10. The van der Waals surface area contributed by atoms with E-state index in [1.807, 2.05) is 0 Å². The number of halogens is 2. The molecule has 3 aliphatic rings. The lowest BCUT2D eigenvalue weighted by molar-refractivity contribution is -0.126. The van der Waals surface area contributed by atoms with Gasteiger partial charge in [0.05, 0.1) is 19.3 Å². The lowest BCUT2D eigenvalue weighted by Crippen LogP contribution is -2.44. The Morgan fingerprint density at radius 3 is 2.73 bits per heavy atom. The SMILES string of the molecule is C=C1N=C(N)C=CN1[C@@H]1O[C@](C)(COP2(=O)OCCC(c3cc(Cl)cc(Cl)c3)O2)[C@@H](O)[C@H]1O. The standard InChI is InChI=1S/C20H24Cl2N3O7P/c1-11-24-16(23)3-5-25(11)19-17(26)18(27)20(2,31-19)10-30-33(28)29-6-4-15(32-33)12-7-13(21)9-14(22)8-12/h3,5,7-9,15,17-19,26-27H,1,4,6,10H2,2H3,(H2,23,24)/t15?,17-,18+,19-,20-,33?/m1/s1. The van der Waals surface area contributed by atoms with Gasteiger partial charge in [-0.15, -0.1) is 0 Å². The van der Waals surface area contributed by atoms with Gasteiger partial charge in [0.25, 0.3) is 0 Å². The first-order valence-electron chi connectivity index (χ1n) is 10.1. The molecule has 10 nitrogen and oxygen atoms in total. The summed E-state index contributed by atoms with van der Waals surface area (Å²) in [4.78, 5) is 5.46. The van der Waals surface area contributed by atoms with E-state index in [2.05, 4.69) is 11.6 Å². The number of rotatable bonds is 5. The van der Waals surface area contributed by atoms with E-state index in [4.69, 9.17) is 47.2 Å². The fourth-order valence-corrected chi connectivity index (χ4v) is 5.79. The Hall–Kier alpha value is -1.46. The topological polar surface area (TPSA) is 136 Å². The number of nitrogens with two attached hydrogens (primary N) is 1. The maximum absolute atomic E-state index is 13.1. The van der Waals surface area contributed by atoms with Crippen molar-refractivity contribution in [3.8, 4) is 0 Å². The van der Waals surface area contributed by atoms with Gasteiger partial charge in [0.15, 0.2) is 6.23 Å². The summed E-state index contributed by atoms with van der Waals surface area (Å²) in [5.41, 5.74) is 4.84. The molecule has 0 amide bonds. The molecule has 1 aromatic carbocycles. The molecule has 3 aliphatic heterocycles. The summed E-state index contributed by atoms with van der Waals surface area (Å²) in [5, 5.41) is 22.1.